The summed E-state index contributed by atoms with van der Waals surface area (Å²) in [5.74, 6) is 0.518. The summed E-state index contributed by atoms with van der Waals surface area (Å²) in [5.41, 5.74) is 23.8. The molecule has 2 amide bonds. The van der Waals surface area contributed by atoms with E-state index in [-0.39, 0.29) is 11.5 Å². The van der Waals surface area contributed by atoms with Crippen LogP contribution in [-0.4, -0.2) is 107 Å². The number of nitrogens with two attached hydrogens (primary N) is 2. The molecule has 7 N–H and O–H groups in total. The molecule has 14 heteroatoms. The first-order chi connectivity index (χ1) is 29.5. The number of carbonyl (C=O) groups is 2. The smallest absolute Gasteiger partial charge is 0.251 e. The summed E-state index contributed by atoms with van der Waals surface area (Å²) in [6.07, 6.45) is 20.1. The topological polar surface area (TPSA) is 178 Å². The van der Waals surface area contributed by atoms with Crippen molar-refractivity contribution in [3.05, 3.63) is 96.1 Å². The third kappa shape index (κ3) is 17.3. The Kier molecular flexibility index (Phi) is 22.5. The number of aliphatic imine (C=N–C) groups is 1. The molecule has 0 bridgehead atoms. The number of nitrogens with one attached hydrogen (secondary N) is 3. The number of allylic oxidation sites excluding steroid dienone is 3. The predicted molar refractivity (Wildman–Crippen MR) is 257 cm³/mol. The molecule has 0 saturated carbocycles. The molecule has 1 fully saturated rings. The maximum Gasteiger partial charge on any atom is 0.251 e. The van der Waals surface area contributed by atoms with E-state index < -0.39 is 5.91 Å². The van der Waals surface area contributed by atoms with E-state index in [1.807, 2.05) is 83.2 Å². The van der Waals surface area contributed by atoms with Crippen LogP contribution in [0.5, 0.6) is 5.75 Å². The number of hydrogen-bond acceptors (Lipinski definition) is 11. The molecule has 0 atom stereocenters. The molecule has 0 aliphatic carbocycles. The zero-order valence-corrected chi connectivity index (χ0v) is 37.5. The van der Waals surface area contributed by atoms with Gasteiger partial charge in [-0.25, -0.2) is 0 Å². The minimum absolute atomic E-state index is 0.0799. The first kappa shape index (κ1) is 49.5. The van der Waals surface area contributed by atoms with Crippen molar-refractivity contribution in [2.24, 2.45) is 20.9 Å². The molecule has 1 heterocycles. The second-order valence-corrected chi connectivity index (χ2v) is 14.9. The van der Waals surface area contributed by atoms with E-state index >= 15 is 0 Å². The number of nitrogens with zero attached hydrogens (tertiary/aromatic N) is 6. The maximum atomic E-state index is 13.3. The van der Waals surface area contributed by atoms with E-state index in [1.165, 1.54) is 19.3 Å². The van der Waals surface area contributed by atoms with E-state index in [1.54, 1.807) is 19.2 Å². The van der Waals surface area contributed by atoms with Crippen molar-refractivity contribution < 1.29 is 14.3 Å². The molecule has 2 aromatic rings. The minimum atomic E-state index is -0.589. The van der Waals surface area contributed by atoms with Crippen molar-refractivity contribution >= 4 is 46.1 Å². The van der Waals surface area contributed by atoms with Crippen LogP contribution >= 0.6 is 0 Å². The number of aryl methyl sites for hydroxylation is 1. The average Bonchev–Trinajstić information content (AvgIpc) is 3.25. The highest BCUT2D eigenvalue weighted by Gasteiger charge is 2.19. The van der Waals surface area contributed by atoms with E-state index in [2.05, 4.69) is 64.8 Å². The van der Waals surface area contributed by atoms with Crippen LogP contribution < -0.4 is 42.2 Å². The molecule has 0 unspecified atom stereocenters. The number of primary amides is 1. The highest BCUT2D eigenvalue weighted by Crippen LogP contribution is 2.36. The lowest BCUT2D eigenvalue weighted by Crippen LogP contribution is -2.33. The van der Waals surface area contributed by atoms with Crippen molar-refractivity contribution in [2.75, 3.05) is 88.1 Å². The number of likely N-dealkylation sites (tertiary alicyclic amines) is 1. The van der Waals surface area contributed by atoms with Gasteiger partial charge in [0.25, 0.3) is 5.91 Å². The SMILES string of the molecule is C=CCCCOc1cc(C(N)=O)cc(N)c1N(C/C=C/CN(C(/C=C/C(C)=N\NCC)=N\C)c1ccc(C(=O)NCCCN2CCCCC2)cc1C)C/C=C/C(C)=N\NCC. The molecule has 0 radical (unpaired) electrons. The van der Waals surface area contributed by atoms with Gasteiger partial charge in [-0.2, -0.15) is 10.2 Å². The zero-order chi connectivity index (χ0) is 44.4. The fraction of sp³-hybridized carbons (Fsp3) is 0.468. The van der Waals surface area contributed by atoms with E-state index in [4.69, 9.17) is 16.2 Å². The Hall–Kier alpha value is -5.89. The average molecular weight is 838 g/mol. The summed E-state index contributed by atoms with van der Waals surface area (Å²) in [6.45, 7) is 20.8. The molecule has 2 aromatic carbocycles. The van der Waals surface area contributed by atoms with E-state index in [0.717, 1.165) is 68.1 Å². The zero-order valence-electron chi connectivity index (χ0n) is 37.5. The minimum Gasteiger partial charge on any atom is -0.491 e. The number of unbranched alkanes of at least 4 members (excludes halogenated alkanes) is 1. The number of nitrogen functional groups attached to an aromatic ring is 1. The molecule has 3 rings (SSSR count). The van der Waals surface area contributed by atoms with Gasteiger partial charge in [0.15, 0.2) is 0 Å². The molecule has 332 valence electrons. The van der Waals surface area contributed by atoms with Gasteiger partial charge in [0, 0.05) is 63.1 Å². The van der Waals surface area contributed by atoms with Gasteiger partial charge in [-0.15, -0.1) is 6.58 Å². The van der Waals surface area contributed by atoms with Crippen LogP contribution in [0.3, 0.4) is 0 Å². The number of amides is 2. The van der Waals surface area contributed by atoms with Gasteiger partial charge >= 0.3 is 0 Å². The maximum absolute atomic E-state index is 13.3. The van der Waals surface area contributed by atoms with Gasteiger partial charge < -0.3 is 47.1 Å². The summed E-state index contributed by atoms with van der Waals surface area (Å²) in [5, 5.41) is 11.9. The van der Waals surface area contributed by atoms with Crippen molar-refractivity contribution in [1.29, 1.82) is 0 Å². The molecule has 1 aliphatic rings. The Morgan fingerprint density at radius 1 is 0.902 bits per heavy atom. The van der Waals surface area contributed by atoms with Crippen molar-refractivity contribution in [3.8, 4) is 5.75 Å². The van der Waals surface area contributed by atoms with Crippen LogP contribution in [0.25, 0.3) is 0 Å². The number of hydrogen-bond donors (Lipinski definition) is 5. The second kappa shape index (κ2) is 27.8. The Morgan fingerprint density at radius 2 is 1.59 bits per heavy atom. The highest BCUT2D eigenvalue weighted by atomic mass is 16.5. The second-order valence-electron chi connectivity index (χ2n) is 14.9. The Balaban J connectivity index is 1.94. The molecule has 14 nitrogen and oxygen atoms in total. The number of carbonyl (C=O) groups excluding carboxylic acids is 2. The monoisotopic (exact) mass is 838 g/mol. The summed E-state index contributed by atoms with van der Waals surface area (Å²) in [7, 11) is 1.76. The first-order valence-corrected chi connectivity index (χ1v) is 21.6. The van der Waals surface area contributed by atoms with Gasteiger partial charge in [0.05, 0.1) is 23.7 Å². The summed E-state index contributed by atoms with van der Waals surface area (Å²) in [4.78, 5) is 36.9. The van der Waals surface area contributed by atoms with Crippen LogP contribution in [-0.2, 0) is 0 Å². The van der Waals surface area contributed by atoms with Crippen LogP contribution in [0.15, 0.2) is 94.6 Å². The van der Waals surface area contributed by atoms with Crippen molar-refractivity contribution in [3.63, 3.8) is 0 Å². The molecule has 0 aromatic heterocycles. The lowest BCUT2D eigenvalue weighted by Gasteiger charge is -2.27. The Morgan fingerprint density at radius 3 is 2.25 bits per heavy atom. The molecular formula is C47H71N11O3. The van der Waals surface area contributed by atoms with E-state index in [9.17, 15) is 9.59 Å². The standard InChI is InChI=1S/C47H71N11O3/c1-8-11-17-32-61-43-35-40(46(49)59)34-41(48)45(43)57(30-18-20-37(5)54-52-9-2)29-15-16-31-58(44(50-7)24-21-38(6)55-53-10-3)42-23-22-39(33-36(42)4)47(60)51-25-19-28-56-26-13-12-14-27-56/h8,15-16,18,20-24,33-35,52-53H,1,9-14,17,19,25-32,48H2,2-7H3,(H2,49,59)(H,51,60)/b16-15+,20-18+,24-21+,50-44-,54-37-,55-38-. The summed E-state index contributed by atoms with van der Waals surface area (Å²) < 4.78 is 6.25. The van der Waals surface area contributed by atoms with Gasteiger partial charge in [0.1, 0.15) is 17.3 Å². The fourth-order valence-electron chi connectivity index (χ4n) is 6.79. The van der Waals surface area contributed by atoms with Crippen LogP contribution in [0.2, 0.25) is 0 Å². The van der Waals surface area contributed by atoms with Crippen molar-refractivity contribution in [1.82, 2.24) is 21.1 Å². The number of hydrazone groups is 2. The van der Waals surface area contributed by atoms with Crippen LogP contribution in [0, 0.1) is 6.92 Å². The lowest BCUT2D eigenvalue weighted by atomic mass is 10.1. The number of rotatable bonds is 26. The highest BCUT2D eigenvalue weighted by molar-refractivity contribution is 6.10. The molecular weight excluding hydrogens is 767 g/mol. The number of ether oxygens (including phenoxy) is 1. The number of piperidine rings is 1. The van der Waals surface area contributed by atoms with Gasteiger partial charge in [0.2, 0.25) is 5.91 Å². The fourth-order valence-corrected chi connectivity index (χ4v) is 6.79. The van der Waals surface area contributed by atoms with Crippen LogP contribution in [0.1, 0.15) is 92.5 Å². The molecule has 1 saturated heterocycles. The third-order valence-electron chi connectivity index (χ3n) is 9.92. The summed E-state index contributed by atoms with van der Waals surface area (Å²) in [6, 6.07) is 9.04. The normalized spacial score (nSPS) is 14.2. The number of benzene rings is 2. The number of amidine groups is 1. The largest absolute Gasteiger partial charge is 0.491 e. The van der Waals surface area contributed by atoms with Crippen molar-refractivity contribution in [2.45, 2.75) is 73.1 Å². The van der Waals surface area contributed by atoms with E-state index in [0.29, 0.717) is 67.9 Å². The Labute approximate surface area is 364 Å². The van der Waals surface area contributed by atoms with Gasteiger partial charge in [-0.1, -0.05) is 30.7 Å². The number of anilines is 3. The molecule has 1 aliphatic heterocycles. The Bertz CT molecular complexity index is 1890. The molecule has 61 heavy (non-hydrogen) atoms. The third-order valence-corrected chi connectivity index (χ3v) is 9.92. The van der Waals surface area contributed by atoms with Crippen LogP contribution in [0.4, 0.5) is 17.1 Å². The first-order valence-electron chi connectivity index (χ1n) is 21.6. The van der Waals surface area contributed by atoms with Gasteiger partial charge in [-0.05, 0) is 140 Å². The lowest BCUT2D eigenvalue weighted by molar-refractivity contribution is 0.0949. The predicted octanol–water partition coefficient (Wildman–Crippen LogP) is 6.61. The summed E-state index contributed by atoms with van der Waals surface area (Å²) >= 11 is 0. The quantitative estimate of drug-likeness (QED) is 0.0174. The molecule has 0 spiro atoms. The van der Waals surface area contributed by atoms with Gasteiger partial charge in [-0.3, -0.25) is 14.6 Å².